The summed E-state index contributed by atoms with van der Waals surface area (Å²) in [6.45, 7) is 1.82. The van der Waals surface area contributed by atoms with Crippen molar-refractivity contribution in [2.24, 2.45) is 0 Å². The number of allylic oxidation sites excluding steroid dienone is 1. The van der Waals surface area contributed by atoms with Crippen molar-refractivity contribution in [1.82, 2.24) is 19.7 Å². The third-order valence-electron chi connectivity index (χ3n) is 5.11. The standard InChI is InChI=1S/C23H17N7O2/c1-14-19(22(31)27-17-4-2-10-25-13-17)20(16-8-6-15(12-24)7-9-16)30-23(26-14)28-21(29-30)18-5-3-11-32-18/h2-11,13,20H,1H3,(H,27,31)(H,26,28,29). The van der Waals surface area contributed by atoms with Gasteiger partial charge in [0, 0.05) is 11.9 Å². The number of anilines is 2. The van der Waals surface area contributed by atoms with Crippen molar-refractivity contribution in [3.8, 4) is 17.7 Å². The number of nitriles is 1. The van der Waals surface area contributed by atoms with Gasteiger partial charge in [0.1, 0.15) is 6.04 Å². The zero-order valence-corrected chi connectivity index (χ0v) is 17.0. The molecule has 0 saturated heterocycles. The summed E-state index contributed by atoms with van der Waals surface area (Å²) in [5.41, 5.74) is 3.02. The Morgan fingerprint density at radius 2 is 2.06 bits per heavy atom. The first kappa shape index (κ1) is 19.3. The lowest BCUT2D eigenvalue weighted by atomic mass is 9.94. The highest BCUT2D eigenvalue weighted by Crippen LogP contribution is 2.36. The Morgan fingerprint density at radius 3 is 2.75 bits per heavy atom. The third-order valence-corrected chi connectivity index (χ3v) is 5.11. The molecule has 1 aromatic carbocycles. The topological polar surface area (TPSA) is 122 Å². The third kappa shape index (κ3) is 3.40. The number of pyridine rings is 1. The SMILES string of the molecule is CC1=C(C(=O)Nc2cccnc2)C(c2ccc(C#N)cc2)n2nc(-c3ccco3)nc2N1. The molecule has 3 aromatic heterocycles. The van der Waals surface area contributed by atoms with E-state index >= 15 is 0 Å². The fourth-order valence-electron chi connectivity index (χ4n) is 3.64. The molecule has 0 fully saturated rings. The predicted molar refractivity (Wildman–Crippen MR) is 116 cm³/mol. The van der Waals surface area contributed by atoms with Gasteiger partial charge in [0.15, 0.2) is 5.76 Å². The van der Waals surface area contributed by atoms with E-state index in [2.05, 4.69) is 31.8 Å². The van der Waals surface area contributed by atoms with Crippen LogP contribution in [0.25, 0.3) is 11.6 Å². The molecule has 5 rings (SSSR count). The maximum atomic E-state index is 13.4. The first-order valence-corrected chi connectivity index (χ1v) is 9.83. The van der Waals surface area contributed by atoms with Gasteiger partial charge in [-0.05, 0) is 48.9 Å². The van der Waals surface area contributed by atoms with Crippen molar-refractivity contribution in [2.75, 3.05) is 10.6 Å². The van der Waals surface area contributed by atoms with Gasteiger partial charge in [0.25, 0.3) is 5.91 Å². The average Bonchev–Trinajstić information content (AvgIpc) is 3.49. The van der Waals surface area contributed by atoms with Crippen molar-refractivity contribution in [3.63, 3.8) is 0 Å². The summed E-state index contributed by atoms with van der Waals surface area (Å²) in [6, 6.07) is 15.7. The molecule has 0 aliphatic carbocycles. The summed E-state index contributed by atoms with van der Waals surface area (Å²) >= 11 is 0. The van der Waals surface area contributed by atoms with Crippen molar-refractivity contribution < 1.29 is 9.21 Å². The molecule has 1 atom stereocenters. The highest BCUT2D eigenvalue weighted by molar-refractivity contribution is 6.05. The lowest BCUT2D eigenvalue weighted by molar-refractivity contribution is -0.113. The van der Waals surface area contributed by atoms with Crippen LogP contribution in [0, 0.1) is 11.3 Å². The highest BCUT2D eigenvalue weighted by Gasteiger charge is 2.34. The van der Waals surface area contributed by atoms with Crippen molar-refractivity contribution in [2.45, 2.75) is 13.0 Å². The number of carbonyl (C=O) groups excluding carboxylic acids is 1. The smallest absolute Gasteiger partial charge is 0.255 e. The van der Waals surface area contributed by atoms with Crippen molar-refractivity contribution in [1.29, 1.82) is 5.26 Å². The van der Waals surface area contributed by atoms with Crippen LogP contribution in [0.1, 0.15) is 24.1 Å². The van der Waals surface area contributed by atoms with Crippen molar-refractivity contribution >= 4 is 17.5 Å². The molecule has 0 saturated carbocycles. The molecule has 1 amide bonds. The minimum Gasteiger partial charge on any atom is -0.461 e. The Bertz CT molecular complexity index is 1350. The summed E-state index contributed by atoms with van der Waals surface area (Å²) < 4.78 is 7.10. The monoisotopic (exact) mass is 423 g/mol. The van der Waals surface area contributed by atoms with E-state index in [1.54, 1.807) is 59.7 Å². The average molecular weight is 423 g/mol. The number of carbonyl (C=O) groups is 1. The molecule has 1 aliphatic rings. The number of hydrogen-bond acceptors (Lipinski definition) is 7. The van der Waals surface area contributed by atoms with Crippen LogP contribution in [-0.4, -0.2) is 25.7 Å². The van der Waals surface area contributed by atoms with Gasteiger partial charge in [-0.2, -0.15) is 10.2 Å². The van der Waals surface area contributed by atoms with Gasteiger partial charge in [-0.25, -0.2) is 4.68 Å². The maximum absolute atomic E-state index is 13.4. The van der Waals surface area contributed by atoms with Gasteiger partial charge in [-0.3, -0.25) is 9.78 Å². The minimum absolute atomic E-state index is 0.293. The van der Waals surface area contributed by atoms with E-state index in [1.807, 2.05) is 19.1 Å². The molecule has 9 heteroatoms. The summed E-state index contributed by atoms with van der Waals surface area (Å²) in [7, 11) is 0. The van der Waals surface area contributed by atoms with Gasteiger partial charge in [0.05, 0.1) is 35.4 Å². The van der Waals surface area contributed by atoms with Gasteiger partial charge in [0.2, 0.25) is 11.8 Å². The van der Waals surface area contributed by atoms with Crippen LogP contribution in [0.5, 0.6) is 0 Å². The number of nitrogens with zero attached hydrogens (tertiary/aromatic N) is 5. The Hall–Kier alpha value is -4.71. The van der Waals surface area contributed by atoms with E-state index < -0.39 is 6.04 Å². The zero-order chi connectivity index (χ0) is 22.1. The normalized spacial score (nSPS) is 14.9. The molecule has 156 valence electrons. The molecule has 9 nitrogen and oxygen atoms in total. The van der Waals surface area contributed by atoms with E-state index in [-0.39, 0.29) is 5.91 Å². The largest absolute Gasteiger partial charge is 0.461 e. The van der Waals surface area contributed by atoms with Gasteiger partial charge >= 0.3 is 0 Å². The van der Waals surface area contributed by atoms with Gasteiger partial charge in [-0.1, -0.05) is 12.1 Å². The Kier molecular flexibility index (Phi) is 4.72. The summed E-state index contributed by atoms with van der Waals surface area (Å²) in [5, 5.41) is 19.9. The second-order valence-electron chi connectivity index (χ2n) is 7.18. The van der Waals surface area contributed by atoms with E-state index in [0.717, 1.165) is 5.56 Å². The van der Waals surface area contributed by atoms with Gasteiger partial charge in [-0.15, -0.1) is 5.10 Å². The molecular formula is C23H17N7O2. The van der Waals surface area contributed by atoms with E-state index in [4.69, 9.17) is 4.42 Å². The number of amides is 1. The second-order valence-corrected chi connectivity index (χ2v) is 7.18. The van der Waals surface area contributed by atoms with Gasteiger partial charge < -0.3 is 15.1 Å². The van der Waals surface area contributed by atoms with Crippen LogP contribution in [0.3, 0.4) is 0 Å². The molecule has 4 aromatic rings. The molecule has 2 N–H and O–H groups in total. The summed E-state index contributed by atoms with van der Waals surface area (Å²) in [5.74, 6) is 1.11. The number of nitrogens with one attached hydrogen (secondary N) is 2. The lowest BCUT2D eigenvalue weighted by Gasteiger charge is -2.28. The van der Waals surface area contributed by atoms with Crippen LogP contribution in [-0.2, 0) is 4.79 Å². The predicted octanol–water partition coefficient (Wildman–Crippen LogP) is 3.73. The van der Waals surface area contributed by atoms with Crippen LogP contribution in [0.4, 0.5) is 11.6 Å². The number of aromatic nitrogens is 4. The number of benzene rings is 1. The van der Waals surface area contributed by atoms with Crippen LogP contribution < -0.4 is 10.6 Å². The van der Waals surface area contributed by atoms with Crippen LogP contribution >= 0.6 is 0 Å². The molecule has 1 aliphatic heterocycles. The highest BCUT2D eigenvalue weighted by atomic mass is 16.3. The molecule has 0 radical (unpaired) electrons. The zero-order valence-electron chi connectivity index (χ0n) is 17.0. The van der Waals surface area contributed by atoms with E-state index in [9.17, 15) is 10.1 Å². The molecule has 0 bridgehead atoms. The molecule has 0 spiro atoms. The number of rotatable bonds is 4. The fraction of sp³-hybridized carbons (Fsp3) is 0.0870. The lowest BCUT2D eigenvalue weighted by Crippen LogP contribution is -2.31. The number of hydrogen-bond donors (Lipinski definition) is 2. The minimum atomic E-state index is -0.563. The fourth-order valence-corrected chi connectivity index (χ4v) is 3.64. The number of fused-ring (bicyclic) bond motifs is 1. The van der Waals surface area contributed by atoms with Crippen molar-refractivity contribution in [3.05, 3.63) is 89.6 Å². The van der Waals surface area contributed by atoms with Crippen LogP contribution in [0.2, 0.25) is 0 Å². The molecule has 1 unspecified atom stereocenters. The first-order chi connectivity index (χ1) is 15.6. The first-order valence-electron chi connectivity index (χ1n) is 9.83. The van der Waals surface area contributed by atoms with E-state index in [0.29, 0.717) is 40.1 Å². The molecule has 4 heterocycles. The summed E-state index contributed by atoms with van der Waals surface area (Å²) in [4.78, 5) is 22.0. The second kappa shape index (κ2) is 7.85. The maximum Gasteiger partial charge on any atom is 0.255 e. The van der Waals surface area contributed by atoms with E-state index in [1.165, 1.54) is 0 Å². The van der Waals surface area contributed by atoms with Crippen LogP contribution in [0.15, 0.2) is 82.9 Å². The Labute approximate surface area is 183 Å². The summed E-state index contributed by atoms with van der Waals surface area (Å²) in [6.07, 6.45) is 4.77. The molecular weight excluding hydrogens is 406 g/mol. The Balaban J connectivity index is 1.61. The Morgan fingerprint density at radius 1 is 1.22 bits per heavy atom. The molecule has 32 heavy (non-hydrogen) atoms. The number of furan rings is 1. The quantitative estimate of drug-likeness (QED) is 0.513.